The standard InChI is InChI=1S/C33H43N5O6S/c1-22-28(31(42)36-20-17-27(40)44-33(2,3)4)45-32(38(22)21-18-23-10-7-6-8-11-23)37-30(41)25-15-13-24(14-16-25)29(34)35-19-9-12-26(39)43-5/h6-8,10-11,13-16,22,28H,9,12,17-21H2,1-5H3,(H2,34,35)(H,36,42). The summed E-state index contributed by atoms with van der Waals surface area (Å²) < 4.78 is 9.95. The second-order valence-electron chi connectivity index (χ2n) is 11.6. The molecule has 1 aliphatic rings. The number of methoxy groups -OCH3 is 1. The number of esters is 2. The molecule has 45 heavy (non-hydrogen) atoms. The quantitative estimate of drug-likeness (QED) is 0.128. The van der Waals surface area contributed by atoms with E-state index in [9.17, 15) is 19.2 Å². The first kappa shape index (κ1) is 35.3. The van der Waals surface area contributed by atoms with Crippen molar-refractivity contribution in [3.8, 4) is 0 Å². The zero-order valence-electron chi connectivity index (χ0n) is 26.6. The van der Waals surface area contributed by atoms with Crippen molar-refractivity contribution in [1.29, 1.82) is 5.41 Å². The van der Waals surface area contributed by atoms with Gasteiger partial charge in [0, 0.05) is 43.2 Å². The average molecular weight is 638 g/mol. The number of aliphatic imine (C=N–C) groups is 1. The van der Waals surface area contributed by atoms with Gasteiger partial charge in [0.15, 0.2) is 5.17 Å². The fourth-order valence-corrected chi connectivity index (χ4v) is 5.83. The summed E-state index contributed by atoms with van der Waals surface area (Å²) in [5.74, 6) is -1.20. The number of carbonyl (C=O) groups excluding carboxylic acids is 4. The number of thioether (sulfide) groups is 1. The molecule has 2 aromatic rings. The van der Waals surface area contributed by atoms with Gasteiger partial charge in [-0.15, -0.1) is 0 Å². The van der Waals surface area contributed by atoms with Crippen molar-refractivity contribution in [2.75, 3.05) is 26.7 Å². The minimum Gasteiger partial charge on any atom is -0.469 e. The molecule has 0 spiro atoms. The van der Waals surface area contributed by atoms with Crippen LogP contribution in [0.2, 0.25) is 0 Å². The first-order valence-electron chi connectivity index (χ1n) is 15.0. The number of hydrogen-bond acceptors (Lipinski definition) is 8. The van der Waals surface area contributed by atoms with E-state index in [1.165, 1.54) is 18.9 Å². The Balaban J connectivity index is 1.67. The Kier molecular flexibility index (Phi) is 13.1. The van der Waals surface area contributed by atoms with E-state index in [0.29, 0.717) is 42.2 Å². The maximum absolute atomic E-state index is 13.3. The molecule has 2 atom stereocenters. The van der Waals surface area contributed by atoms with Crippen molar-refractivity contribution in [2.45, 2.75) is 70.3 Å². The van der Waals surface area contributed by atoms with Crippen LogP contribution < -0.4 is 10.6 Å². The Morgan fingerprint density at radius 2 is 1.60 bits per heavy atom. The Morgan fingerprint density at radius 1 is 0.933 bits per heavy atom. The van der Waals surface area contributed by atoms with Crippen LogP contribution in [-0.4, -0.2) is 83.3 Å². The molecule has 2 aromatic carbocycles. The van der Waals surface area contributed by atoms with Gasteiger partial charge in [-0.2, -0.15) is 4.99 Å². The molecule has 1 saturated heterocycles. The van der Waals surface area contributed by atoms with Gasteiger partial charge in [0.05, 0.1) is 13.5 Å². The molecule has 0 bridgehead atoms. The van der Waals surface area contributed by atoms with Gasteiger partial charge in [0.1, 0.15) is 16.7 Å². The molecule has 11 nitrogen and oxygen atoms in total. The first-order chi connectivity index (χ1) is 21.4. The zero-order chi connectivity index (χ0) is 33.0. The number of rotatable bonds is 13. The second kappa shape index (κ2) is 16.8. The van der Waals surface area contributed by atoms with Crippen molar-refractivity contribution in [3.63, 3.8) is 0 Å². The summed E-state index contributed by atoms with van der Waals surface area (Å²) in [5.41, 5.74) is 1.47. The summed E-state index contributed by atoms with van der Waals surface area (Å²) >= 11 is 1.23. The van der Waals surface area contributed by atoms with Crippen LogP contribution in [0.4, 0.5) is 0 Å². The zero-order valence-corrected chi connectivity index (χ0v) is 27.4. The highest BCUT2D eigenvalue weighted by molar-refractivity contribution is 8.15. The predicted molar refractivity (Wildman–Crippen MR) is 175 cm³/mol. The summed E-state index contributed by atoms with van der Waals surface area (Å²) in [4.78, 5) is 56.2. The molecule has 3 N–H and O–H groups in total. The summed E-state index contributed by atoms with van der Waals surface area (Å²) in [5, 5.41) is 14.0. The van der Waals surface area contributed by atoms with E-state index in [-0.39, 0.29) is 49.1 Å². The lowest BCUT2D eigenvalue weighted by molar-refractivity contribution is -0.154. The van der Waals surface area contributed by atoms with Crippen LogP contribution in [0.5, 0.6) is 0 Å². The number of amidine groups is 2. The van der Waals surface area contributed by atoms with Gasteiger partial charge >= 0.3 is 11.9 Å². The monoisotopic (exact) mass is 637 g/mol. The van der Waals surface area contributed by atoms with Crippen LogP contribution >= 0.6 is 11.8 Å². The molecule has 0 aliphatic carbocycles. The number of nitrogens with one attached hydrogen (secondary N) is 3. The topological polar surface area (TPSA) is 150 Å². The summed E-state index contributed by atoms with van der Waals surface area (Å²) in [6.45, 7) is 8.45. The highest BCUT2D eigenvalue weighted by atomic mass is 32.2. The lowest BCUT2D eigenvalue weighted by Gasteiger charge is -2.25. The third kappa shape index (κ3) is 11.4. The van der Waals surface area contributed by atoms with Crippen LogP contribution in [0, 0.1) is 5.41 Å². The van der Waals surface area contributed by atoms with Gasteiger partial charge in [-0.3, -0.25) is 24.6 Å². The van der Waals surface area contributed by atoms with Crippen molar-refractivity contribution in [1.82, 2.24) is 15.5 Å². The van der Waals surface area contributed by atoms with Crippen molar-refractivity contribution < 1.29 is 28.7 Å². The van der Waals surface area contributed by atoms with E-state index in [4.69, 9.17) is 10.1 Å². The predicted octanol–water partition coefficient (Wildman–Crippen LogP) is 3.95. The number of carbonyl (C=O) groups is 4. The highest BCUT2D eigenvalue weighted by Gasteiger charge is 2.40. The van der Waals surface area contributed by atoms with Crippen molar-refractivity contribution in [2.24, 2.45) is 4.99 Å². The SMILES string of the molecule is COC(=O)CCCNC(=N)c1ccc(C(=O)N=C2SC(C(=O)NCCC(=O)OC(C)(C)C)C(C)N2CCc2ccccc2)cc1. The maximum Gasteiger partial charge on any atom is 0.308 e. The Hall–Kier alpha value is -4.19. The molecule has 1 fully saturated rings. The van der Waals surface area contributed by atoms with E-state index in [1.807, 2.05) is 42.2 Å². The van der Waals surface area contributed by atoms with Gasteiger partial charge in [0.2, 0.25) is 5.91 Å². The Labute approximate surface area is 269 Å². The molecule has 242 valence electrons. The van der Waals surface area contributed by atoms with Crippen LogP contribution in [0.15, 0.2) is 59.6 Å². The molecule has 2 amide bonds. The van der Waals surface area contributed by atoms with Crippen LogP contribution in [-0.2, 0) is 30.3 Å². The maximum atomic E-state index is 13.3. The second-order valence-corrected chi connectivity index (χ2v) is 12.7. The minimum absolute atomic E-state index is 0.0579. The summed E-state index contributed by atoms with van der Waals surface area (Å²) in [6.07, 6.45) is 1.55. The normalized spacial score (nSPS) is 17.1. The molecule has 1 aliphatic heterocycles. The number of amides is 2. The van der Waals surface area contributed by atoms with Crippen molar-refractivity contribution in [3.05, 3.63) is 71.3 Å². The van der Waals surface area contributed by atoms with E-state index in [1.54, 1.807) is 45.0 Å². The van der Waals surface area contributed by atoms with Crippen LogP contribution in [0.25, 0.3) is 0 Å². The molecule has 3 rings (SSSR count). The fourth-order valence-electron chi connectivity index (χ4n) is 4.54. The number of ether oxygens (including phenoxy) is 2. The van der Waals surface area contributed by atoms with Gasteiger partial charge in [-0.25, -0.2) is 0 Å². The van der Waals surface area contributed by atoms with E-state index in [2.05, 4.69) is 20.4 Å². The molecular weight excluding hydrogens is 594 g/mol. The average Bonchev–Trinajstić information content (AvgIpc) is 3.31. The summed E-state index contributed by atoms with van der Waals surface area (Å²) in [7, 11) is 1.34. The van der Waals surface area contributed by atoms with E-state index >= 15 is 0 Å². The Morgan fingerprint density at radius 3 is 2.24 bits per heavy atom. The third-order valence-corrected chi connectivity index (χ3v) is 8.30. The van der Waals surface area contributed by atoms with Gasteiger partial charge in [-0.1, -0.05) is 54.2 Å². The Bertz CT molecular complexity index is 1370. The highest BCUT2D eigenvalue weighted by Crippen LogP contribution is 2.32. The molecule has 12 heteroatoms. The lowest BCUT2D eigenvalue weighted by atomic mass is 10.1. The number of nitrogens with zero attached hydrogens (tertiary/aromatic N) is 2. The molecule has 0 radical (unpaired) electrons. The van der Waals surface area contributed by atoms with Gasteiger partial charge in [-0.05, 0) is 58.2 Å². The molecule has 0 saturated carbocycles. The van der Waals surface area contributed by atoms with E-state index < -0.39 is 16.8 Å². The number of benzene rings is 2. The van der Waals surface area contributed by atoms with E-state index in [0.717, 1.165) is 5.56 Å². The third-order valence-electron chi connectivity index (χ3n) is 6.90. The molecule has 2 unspecified atom stereocenters. The first-order valence-corrected chi connectivity index (χ1v) is 15.9. The fraction of sp³-hybridized carbons (Fsp3) is 0.455. The van der Waals surface area contributed by atoms with Crippen LogP contribution in [0.1, 0.15) is 68.4 Å². The molecular formula is C33H43N5O6S. The molecule has 1 heterocycles. The lowest BCUT2D eigenvalue weighted by Crippen LogP contribution is -2.43. The van der Waals surface area contributed by atoms with Gasteiger partial charge < -0.3 is 25.0 Å². The smallest absolute Gasteiger partial charge is 0.308 e. The van der Waals surface area contributed by atoms with Gasteiger partial charge in [0.25, 0.3) is 5.91 Å². The molecule has 0 aromatic heterocycles. The number of hydrogen-bond donors (Lipinski definition) is 3. The summed E-state index contributed by atoms with van der Waals surface area (Å²) in [6, 6.07) is 16.3. The largest absolute Gasteiger partial charge is 0.469 e. The minimum atomic E-state index is -0.597. The van der Waals surface area contributed by atoms with Crippen molar-refractivity contribution >= 4 is 46.5 Å². The van der Waals surface area contributed by atoms with Crippen LogP contribution in [0.3, 0.4) is 0 Å².